The van der Waals surface area contributed by atoms with E-state index in [1.165, 1.54) is 4.88 Å². The van der Waals surface area contributed by atoms with Gasteiger partial charge < -0.3 is 5.11 Å². The Morgan fingerprint density at radius 1 is 1.60 bits per heavy atom. The van der Waals surface area contributed by atoms with Crippen LogP contribution in [0, 0.1) is 5.92 Å². The monoisotopic (exact) mass is 222 g/mol. The van der Waals surface area contributed by atoms with Gasteiger partial charge in [0.1, 0.15) is 0 Å². The van der Waals surface area contributed by atoms with E-state index in [-0.39, 0.29) is 11.8 Å². The Kier molecular flexibility index (Phi) is 2.91. The Labute approximate surface area is 93.3 Å². The number of hydrogen-bond donors (Lipinski definition) is 1. The van der Waals surface area contributed by atoms with E-state index < -0.39 is 5.97 Å². The van der Waals surface area contributed by atoms with Crippen molar-refractivity contribution in [1.29, 1.82) is 0 Å². The van der Waals surface area contributed by atoms with Crippen molar-refractivity contribution in [3.05, 3.63) is 34.0 Å². The second kappa shape index (κ2) is 4.19. The lowest BCUT2D eigenvalue weighted by molar-refractivity contribution is -0.141. The van der Waals surface area contributed by atoms with Crippen molar-refractivity contribution in [1.82, 2.24) is 0 Å². The maximum absolute atomic E-state index is 11.2. The summed E-state index contributed by atoms with van der Waals surface area (Å²) in [6.45, 7) is 1.93. The highest BCUT2D eigenvalue weighted by Crippen LogP contribution is 2.39. The van der Waals surface area contributed by atoms with Gasteiger partial charge in [-0.2, -0.15) is 0 Å². The predicted molar refractivity (Wildman–Crippen MR) is 61.2 cm³/mol. The van der Waals surface area contributed by atoms with Crippen molar-refractivity contribution in [3.63, 3.8) is 0 Å². The first-order valence-corrected chi connectivity index (χ1v) is 6.01. The standard InChI is InChI=1S/C12H14O2S/c1-8-4-2-5-9(11(8)12(13)14)10-6-3-7-15-10/h3-4,6-7,9,11H,2,5H2,1H3,(H,13,14)/t9-,11+/m0/s1. The SMILES string of the molecule is CC1=CCC[C@@H](c2cccs2)[C@@H]1C(=O)O. The van der Waals surface area contributed by atoms with E-state index in [0.29, 0.717) is 0 Å². The molecule has 0 bridgehead atoms. The lowest BCUT2D eigenvalue weighted by atomic mass is 9.78. The van der Waals surface area contributed by atoms with Gasteiger partial charge in [-0.05, 0) is 31.2 Å². The number of carbonyl (C=O) groups is 1. The molecule has 1 N–H and O–H groups in total. The fourth-order valence-electron chi connectivity index (χ4n) is 2.28. The minimum absolute atomic E-state index is 0.174. The van der Waals surface area contributed by atoms with Crippen molar-refractivity contribution in [2.75, 3.05) is 0 Å². The van der Waals surface area contributed by atoms with Crippen LogP contribution in [0.4, 0.5) is 0 Å². The molecule has 0 spiro atoms. The Hall–Kier alpha value is -1.09. The predicted octanol–water partition coefficient (Wildman–Crippen LogP) is 3.27. The summed E-state index contributed by atoms with van der Waals surface area (Å²) in [5.41, 5.74) is 1.01. The van der Waals surface area contributed by atoms with Crippen LogP contribution >= 0.6 is 11.3 Å². The first-order chi connectivity index (χ1) is 7.20. The molecule has 1 aliphatic rings. The molecule has 2 atom stereocenters. The van der Waals surface area contributed by atoms with E-state index in [0.717, 1.165) is 18.4 Å². The molecule has 3 heteroatoms. The summed E-state index contributed by atoms with van der Waals surface area (Å²) in [7, 11) is 0. The van der Waals surface area contributed by atoms with Gasteiger partial charge in [0, 0.05) is 10.8 Å². The Bertz CT molecular complexity index is 378. The fourth-order valence-corrected chi connectivity index (χ4v) is 3.18. The van der Waals surface area contributed by atoms with Gasteiger partial charge in [0.05, 0.1) is 5.92 Å². The van der Waals surface area contributed by atoms with Crippen LogP contribution in [0.5, 0.6) is 0 Å². The maximum atomic E-state index is 11.2. The van der Waals surface area contributed by atoms with Gasteiger partial charge >= 0.3 is 5.97 Å². The Balaban J connectivity index is 2.32. The van der Waals surface area contributed by atoms with Crippen molar-refractivity contribution < 1.29 is 9.90 Å². The largest absolute Gasteiger partial charge is 0.481 e. The van der Waals surface area contributed by atoms with E-state index in [2.05, 4.69) is 6.08 Å². The third-order valence-electron chi connectivity index (χ3n) is 3.01. The zero-order chi connectivity index (χ0) is 10.8. The smallest absolute Gasteiger partial charge is 0.311 e. The second-order valence-electron chi connectivity index (χ2n) is 3.96. The highest BCUT2D eigenvalue weighted by Gasteiger charge is 2.33. The van der Waals surface area contributed by atoms with Gasteiger partial charge in [-0.3, -0.25) is 4.79 Å². The lowest BCUT2D eigenvalue weighted by Crippen LogP contribution is -2.25. The first kappa shape index (κ1) is 10.4. The van der Waals surface area contributed by atoms with Crippen molar-refractivity contribution in [2.24, 2.45) is 5.92 Å². The number of thiophene rings is 1. The number of hydrogen-bond acceptors (Lipinski definition) is 2. The number of carboxylic acids is 1. The number of allylic oxidation sites excluding steroid dienone is 1. The molecule has 1 aliphatic carbocycles. The molecular weight excluding hydrogens is 208 g/mol. The Morgan fingerprint density at radius 3 is 3.00 bits per heavy atom. The first-order valence-electron chi connectivity index (χ1n) is 5.13. The molecule has 80 valence electrons. The minimum Gasteiger partial charge on any atom is -0.481 e. The fraction of sp³-hybridized carbons (Fsp3) is 0.417. The zero-order valence-electron chi connectivity index (χ0n) is 8.64. The van der Waals surface area contributed by atoms with Crippen LogP contribution in [0.15, 0.2) is 29.2 Å². The van der Waals surface area contributed by atoms with Crippen LogP contribution in [0.25, 0.3) is 0 Å². The summed E-state index contributed by atoms with van der Waals surface area (Å²) in [6, 6.07) is 4.04. The molecular formula is C12H14O2S. The summed E-state index contributed by atoms with van der Waals surface area (Å²) >= 11 is 1.66. The third kappa shape index (κ3) is 1.97. The molecule has 0 unspecified atom stereocenters. The van der Waals surface area contributed by atoms with E-state index >= 15 is 0 Å². The van der Waals surface area contributed by atoms with Gasteiger partial charge in [-0.15, -0.1) is 11.3 Å². The van der Waals surface area contributed by atoms with Crippen molar-refractivity contribution >= 4 is 17.3 Å². The van der Waals surface area contributed by atoms with E-state index in [4.69, 9.17) is 0 Å². The molecule has 2 nitrogen and oxygen atoms in total. The van der Waals surface area contributed by atoms with Gasteiger partial charge in [-0.1, -0.05) is 17.7 Å². The number of rotatable bonds is 2. The van der Waals surface area contributed by atoms with Crippen LogP contribution in [-0.4, -0.2) is 11.1 Å². The number of carboxylic acid groups (broad SMARTS) is 1. The summed E-state index contributed by atoms with van der Waals surface area (Å²) < 4.78 is 0. The molecule has 0 aliphatic heterocycles. The van der Waals surface area contributed by atoms with Gasteiger partial charge in [-0.25, -0.2) is 0 Å². The molecule has 0 saturated carbocycles. The van der Waals surface area contributed by atoms with Gasteiger partial charge in [0.2, 0.25) is 0 Å². The average Bonchev–Trinajstić information content (AvgIpc) is 2.69. The Morgan fingerprint density at radius 2 is 2.40 bits per heavy atom. The van der Waals surface area contributed by atoms with Crippen molar-refractivity contribution in [2.45, 2.75) is 25.7 Å². The number of aliphatic carboxylic acids is 1. The molecule has 1 heterocycles. The quantitative estimate of drug-likeness (QED) is 0.780. The second-order valence-corrected chi connectivity index (χ2v) is 4.94. The molecule has 0 radical (unpaired) electrons. The zero-order valence-corrected chi connectivity index (χ0v) is 9.46. The van der Waals surface area contributed by atoms with Crippen molar-refractivity contribution in [3.8, 4) is 0 Å². The molecule has 1 aromatic rings. The lowest BCUT2D eigenvalue weighted by Gasteiger charge is -2.27. The van der Waals surface area contributed by atoms with Crippen LogP contribution < -0.4 is 0 Å². The highest BCUT2D eigenvalue weighted by atomic mass is 32.1. The normalized spacial score (nSPS) is 26.1. The highest BCUT2D eigenvalue weighted by molar-refractivity contribution is 7.10. The molecule has 0 fully saturated rings. The van der Waals surface area contributed by atoms with Gasteiger partial charge in [0.15, 0.2) is 0 Å². The van der Waals surface area contributed by atoms with E-state index in [9.17, 15) is 9.90 Å². The summed E-state index contributed by atoms with van der Waals surface area (Å²) in [4.78, 5) is 12.4. The topological polar surface area (TPSA) is 37.3 Å². The van der Waals surface area contributed by atoms with Crippen LogP contribution in [-0.2, 0) is 4.79 Å². The molecule has 0 aromatic carbocycles. The molecule has 15 heavy (non-hydrogen) atoms. The summed E-state index contributed by atoms with van der Waals surface area (Å²) in [5, 5.41) is 11.3. The van der Waals surface area contributed by atoms with Crippen LogP contribution in [0.2, 0.25) is 0 Å². The van der Waals surface area contributed by atoms with Gasteiger partial charge in [0.25, 0.3) is 0 Å². The minimum atomic E-state index is -0.693. The van der Waals surface area contributed by atoms with Crippen LogP contribution in [0.3, 0.4) is 0 Å². The molecule has 2 rings (SSSR count). The summed E-state index contributed by atoms with van der Waals surface area (Å²) in [6.07, 6.45) is 4.01. The van der Waals surface area contributed by atoms with E-state index in [1.807, 2.05) is 24.4 Å². The van der Waals surface area contributed by atoms with E-state index in [1.54, 1.807) is 11.3 Å². The average molecular weight is 222 g/mol. The maximum Gasteiger partial charge on any atom is 0.311 e. The van der Waals surface area contributed by atoms with Crippen LogP contribution in [0.1, 0.15) is 30.6 Å². The molecule has 1 aromatic heterocycles. The third-order valence-corrected chi connectivity index (χ3v) is 4.02. The molecule has 0 saturated heterocycles. The summed E-state index contributed by atoms with van der Waals surface area (Å²) in [5.74, 6) is -0.841. The molecule has 0 amide bonds.